The van der Waals surface area contributed by atoms with Crippen LogP contribution in [0.25, 0.3) is 0 Å². The Balaban J connectivity index is 1.97. The molecule has 1 aromatic carbocycles. The predicted molar refractivity (Wildman–Crippen MR) is 98.3 cm³/mol. The lowest BCUT2D eigenvalue weighted by atomic mass is 10.2. The summed E-state index contributed by atoms with van der Waals surface area (Å²) in [6, 6.07) is 1.69. The third kappa shape index (κ3) is 5.93. The van der Waals surface area contributed by atoms with Gasteiger partial charge in [-0.15, -0.1) is 0 Å². The molecule has 1 aliphatic heterocycles. The number of nitrogens with zero attached hydrogens (tertiary/aromatic N) is 2. The van der Waals surface area contributed by atoms with Crippen LogP contribution in [0, 0.1) is 17.5 Å². The molecule has 1 heterocycles. The van der Waals surface area contributed by atoms with E-state index in [2.05, 4.69) is 5.32 Å². The number of carbonyl (C=O) groups excluding carboxylic acids is 2. The molecule has 9 heteroatoms. The van der Waals surface area contributed by atoms with E-state index < -0.39 is 29.0 Å². The normalized spacial score (nSPS) is 19.8. The number of ether oxygens (including phenoxy) is 1. The number of hydrogen-bond donors (Lipinski definition) is 1. The molecule has 0 bridgehead atoms. The molecule has 2 unspecified atom stereocenters. The smallest absolute Gasteiger partial charge is 0.238 e. The third-order valence-electron chi connectivity index (χ3n) is 4.35. The first-order chi connectivity index (χ1) is 13.2. The van der Waals surface area contributed by atoms with Crippen LogP contribution < -0.4 is 5.32 Å². The second kappa shape index (κ2) is 9.88. The van der Waals surface area contributed by atoms with E-state index in [0.29, 0.717) is 26.1 Å². The largest absolute Gasteiger partial charge is 0.372 e. The predicted octanol–water partition coefficient (Wildman–Crippen LogP) is 2.39. The van der Waals surface area contributed by atoms with E-state index >= 15 is 0 Å². The van der Waals surface area contributed by atoms with Gasteiger partial charge in [0.25, 0.3) is 0 Å². The Hall–Kier alpha value is -2.13. The number of nitrogens with one attached hydrogen (secondary N) is 1. The Bertz CT molecular complexity index is 707. The number of amides is 2. The average molecular weight is 401 g/mol. The number of rotatable bonds is 7. The standard InChI is InChI=1S/C19H26F3N3O3/c1-4-7-24(11-17(27)25-8-12(2)28-13(3)9-25)10-16(26)23-15-6-5-14(20)18(21)19(15)22/h5-6,12-13H,4,7-11H2,1-3H3,(H,23,26). The SMILES string of the molecule is CCCN(CC(=O)Nc1ccc(F)c(F)c1F)CC(=O)N1CC(C)OC(C)C1. The molecular weight excluding hydrogens is 375 g/mol. The minimum absolute atomic E-state index is 0.0287. The fourth-order valence-corrected chi connectivity index (χ4v) is 3.22. The van der Waals surface area contributed by atoms with Crippen LogP contribution in [0.5, 0.6) is 0 Å². The van der Waals surface area contributed by atoms with E-state index in [9.17, 15) is 22.8 Å². The van der Waals surface area contributed by atoms with Gasteiger partial charge >= 0.3 is 0 Å². The van der Waals surface area contributed by atoms with Crippen molar-refractivity contribution in [2.75, 3.05) is 38.0 Å². The molecule has 0 aliphatic carbocycles. The highest BCUT2D eigenvalue weighted by Crippen LogP contribution is 2.19. The summed E-state index contributed by atoms with van der Waals surface area (Å²) in [5, 5.41) is 2.23. The summed E-state index contributed by atoms with van der Waals surface area (Å²) in [5.74, 6) is -5.17. The van der Waals surface area contributed by atoms with Crippen molar-refractivity contribution in [2.24, 2.45) is 0 Å². The topological polar surface area (TPSA) is 61.9 Å². The Morgan fingerprint density at radius 3 is 2.39 bits per heavy atom. The zero-order valence-corrected chi connectivity index (χ0v) is 16.3. The number of hydrogen-bond acceptors (Lipinski definition) is 4. The number of benzene rings is 1. The van der Waals surface area contributed by atoms with Gasteiger partial charge in [0.15, 0.2) is 17.5 Å². The molecule has 0 aromatic heterocycles. The molecular formula is C19H26F3N3O3. The van der Waals surface area contributed by atoms with Crippen molar-refractivity contribution in [2.45, 2.75) is 39.4 Å². The molecule has 0 radical (unpaired) electrons. The summed E-state index contributed by atoms with van der Waals surface area (Å²) in [4.78, 5) is 28.2. The van der Waals surface area contributed by atoms with Crippen molar-refractivity contribution in [1.29, 1.82) is 0 Å². The number of carbonyl (C=O) groups is 2. The maximum atomic E-state index is 13.7. The number of halogens is 3. The molecule has 1 fully saturated rings. The van der Waals surface area contributed by atoms with Gasteiger partial charge in [0, 0.05) is 13.1 Å². The Morgan fingerprint density at radius 1 is 1.14 bits per heavy atom. The first-order valence-electron chi connectivity index (χ1n) is 9.30. The van der Waals surface area contributed by atoms with Gasteiger partial charge in [-0.05, 0) is 38.9 Å². The lowest BCUT2D eigenvalue weighted by Gasteiger charge is -2.36. The highest BCUT2D eigenvalue weighted by Gasteiger charge is 2.27. The first-order valence-corrected chi connectivity index (χ1v) is 9.30. The molecule has 0 spiro atoms. The summed E-state index contributed by atoms with van der Waals surface area (Å²) < 4.78 is 45.6. The Kier molecular flexibility index (Phi) is 7.82. The van der Waals surface area contributed by atoms with Gasteiger partial charge in [0.05, 0.1) is 31.0 Å². The van der Waals surface area contributed by atoms with E-state index in [-0.39, 0.29) is 31.2 Å². The van der Waals surface area contributed by atoms with Gasteiger partial charge in [-0.1, -0.05) is 6.92 Å². The van der Waals surface area contributed by atoms with Crippen LogP contribution in [0.3, 0.4) is 0 Å². The molecule has 0 saturated carbocycles. The first kappa shape index (κ1) is 22.2. The monoisotopic (exact) mass is 401 g/mol. The molecule has 1 aliphatic rings. The highest BCUT2D eigenvalue weighted by molar-refractivity contribution is 5.92. The van der Waals surface area contributed by atoms with Crippen LogP contribution in [0.2, 0.25) is 0 Å². The van der Waals surface area contributed by atoms with Crippen molar-refractivity contribution >= 4 is 17.5 Å². The van der Waals surface area contributed by atoms with Crippen molar-refractivity contribution in [3.05, 3.63) is 29.6 Å². The van der Waals surface area contributed by atoms with Crippen LogP contribution in [-0.4, -0.2) is 66.5 Å². The number of morpholine rings is 1. The van der Waals surface area contributed by atoms with Crippen molar-refractivity contribution in [1.82, 2.24) is 9.80 Å². The minimum atomic E-state index is -1.64. The summed E-state index contributed by atoms with van der Waals surface area (Å²) in [7, 11) is 0. The summed E-state index contributed by atoms with van der Waals surface area (Å²) in [6.45, 7) is 6.99. The summed E-state index contributed by atoms with van der Waals surface area (Å²) in [5.41, 5.74) is -0.442. The van der Waals surface area contributed by atoms with Crippen molar-refractivity contribution in [3.8, 4) is 0 Å². The zero-order chi connectivity index (χ0) is 20.8. The summed E-state index contributed by atoms with van der Waals surface area (Å²) >= 11 is 0. The summed E-state index contributed by atoms with van der Waals surface area (Å²) in [6.07, 6.45) is 0.578. The molecule has 6 nitrogen and oxygen atoms in total. The van der Waals surface area contributed by atoms with Gasteiger partial charge in [-0.25, -0.2) is 13.2 Å². The minimum Gasteiger partial charge on any atom is -0.372 e. The lowest BCUT2D eigenvalue weighted by molar-refractivity contribution is -0.144. The molecule has 1 N–H and O–H groups in total. The van der Waals surface area contributed by atoms with Gasteiger partial charge in [-0.3, -0.25) is 14.5 Å². The fourth-order valence-electron chi connectivity index (χ4n) is 3.22. The molecule has 2 rings (SSSR count). The molecule has 2 atom stereocenters. The molecule has 1 aromatic rings. The van der Waals surface area contributed by atoms with Crippen molar-refractivity contribution < 1.29 is 27.5 Å². The van der Waals surface area contributed by atoms with Crippen LogP contribution in [0.4, 0.5) is 18.9 Å². The van der Waals surface area contributed by atoms with Crippen molar-refractivity contribution in [3.63, 3.8) is 0 Å². The van der Waals surface area contributed by atoms with Gasteiger partial charge in [0.2, 0.25) is 11.8 Å². The second-order valence-corrected chi connectivity index (χ2v) is 7.04. The van der Waals surface area contributed by atoms with E-state index in [4.69, 9.17) is 4.74 Å². The van der Waals surface area contributed by atoms with E-state index in [1.807, 2.05) is 20.8 Å². The maximum Gasteiger partial charge on any atom is 0.238 e. The molecule has 28 heavy (non-hydrogen) atoms. The zero-order valence-electron chi connectivity index (χ0n) is 16.3. The number of anilines is 1. The quantitative estimate of drug-likeness (QED) is 0.713. The lowest BCUT2D eigenvalue weighted by Crippen LogP contribution is -2.51. The van der Waals surface area contributed by atoms with Gasteiger partial charge < -0.3 is 15.0 Å². The van der Waals surface area contributed by atoms with Gasteiger partial charge in [0.1, 0.15) is 0 Å². The molecule has 2 amide bonds. The van der Waals surface area contributed by atoms with E-state index in [1.165, 1.54) is 0 Å². The van der Waals surface area contributed by atoms with E-state index in [0.717, 1.165) is 12.1 Å². The molecule has 156 valence electrons. The molecule has 1 saturated heterocycles. The maximum absolute atomic E-state index is 13.7. The van der Waals surface area contributed by atoms with Crippen LogP contribution in [0.1, 0.15) is 27.2 Å². The van der Waals surface area contributed by atoms with E-state index in [1.54, 1.807) is 9.80 Å². The Morgan fingerprint density at radius 2 is 1.79 bits per heavy atom. The second-order valence-electron chi connectivity index (χ2n) is 7.04. The third-order valence-corrected chi connectivity index (χ3v) is 4.35. The fraction of sp³-hybridized carbons (Fsp3) is 0.579. The Labute approximate surface area is 162 Å². The van der Waals surface area contributed by atoms with Crippen LogP contribution in [0.15, 0.2) is 12.1 Å². The van der Waals surface area contributed by atoms with Crippen LogP contribution >= 0.6 is 0 Å². The van der Waals surface area contributed by atoms with Gasteiger partial charge in [-0.2, -0.15) is 0 Å². The van der Waals surface area contributed by atoms with Crippen LogP contribution in [-0.2, 0) is 14.3 Å². The highest BCUT2D eigenvalue weighted by atomic mass is 19.2. The average Bonchev–Trinajstić information content (AvgIpc) is 2.61.